The molecule has 0 bridgehead atoms. The number of carbonyl (C=O) groups is 1. The highest BCUT2D eigenvalue weighted by Gasteiger charge is 2.27. The molecule has 0 heterocycles. The van der Waals surface area contributed by atoms with Gasteiger partial charge in [-0.3, -0.25) is 4.79 Å². The van der Waals surface area contributed by atoms with E-state index in [9.17, 15) is 9.18 Å². The van der Waals surface area contributed by atoms with Gasteiger partial charge in [0, 0.05) is 13.1 Å². The van der Waals surface area contributed by atoms with E-state index in [-0.39, 0.29) is 22.5 Å². The zero-order valence-electron chi connectivity index (χ0n) is 11.3. The summed E-state index contributed by atoms with van der Waals surface area (Å²) in [4.78, 5) is 14.0. The van der Waals surface area contributed by atoms with Crippen LogP contribution in [0, 0.1) is 11.7 Å². The van der Waals surface area contributed by atoms with Crippen LogP contribution in [0.1, 0.15) is 43.0 Å². The zero-order valence-corrected chi connectivity index (χ0v) is 12.1. The predicted octanol–water partition coefficient (Wildman–Crippen LogP) is 4.13. The lowest BCUT2D eigenvalue weighted by Crippen LogP contribution is -2.39. The first-order valence-corrected chi connectivity index (χ1v) is 7.09. The Bertz CT molecular complexity index is 449. The molecule has 0 unspecified atom stereocenters. The number of rotatable bonds is 2. The number of amides is 1. The van der Waals surface area contributed by atoms with Gasteiger partial charge in [0.25, 0.3) is 5.91 Å². The summed E-state index contributed by atoms with van der Waals surface area (Å²) in [6, 6.07) is 4.53. The molecule has 0 saturated heterocycles. The molecule has 0 N–H and O–H groups in total. The van der Waals surface area contributed by atoms with Gasteiger partial charge in [-0.05, 0) is 43.7 Å². The number of hydrogen-bond acceptors (Lipinski definition) is 1. The van der Waals surface area contributed by atoms with E-state index in [1.807, 2.05) is 0 Å². The van der Waals surface area contributed by atoms with Crippen LogP contribution >= 0.6 is 11.6 Å². The third-order valence-corrected chi connectivity index (χ3v) is 4.35. The molecule has 104 valence electrons. The largest absolute Gasteiger partial charge is 0.339 e. The van der Waals surface area contributed by atoms with Gasteiger partial charge in [0.05, 0.1) is 10.6 Å². The number of nitrogens with zero attached hydrogens (tertiary/aromatic N) is 1. The van der Waals surface area contributed by atoms with Gasteiger partial charge in [-0.2, -0.15) is 0 Å². The van der Waals surface area contributed by atoms with Crippen LogP contribution in [-0.4, -0.2) is 23.9 Å². The lowest BCUT2D eigenvalue weighted by atomic mass is 9.86. The van der Waals surface area contributed by atoms with E-state index in [0.29, 0.717) is 0 Å². The third kappa shape index (κ3) is 3.08. The number of halogens is 2. The summed E-state index contributed by atoms with van der Waals surface area (Å²) in [5.74, 6) is -0.145. The van der Waals surface area contributed by atoms with Gasteiger partial charge in [-0.15, -0.1) is 0 Å². The van der Waals surface area contributed by atoms with Crippen molar-refractivity contribution in [1.29, 1.82) is 0 Å². The Hall–Kier alpha value is -1.09. The Morgan fingerprint density at radius 3 is 2.53 bits per heavy atom. The molecule has 1 fully saturated rings. The van der Waals surface area contributed by atoms with Gasteiger partial charge in [-0.1, -0.05) is 24.6 Å². The topological polar surface area (TPSA) is 20.3 Å². The standard InChI is InChI=1S/C15H19ClFNO/c1-10-6-8-11(9-7-10)18(2)15(19)14-12(16)4-3-5-13(14)17/h3-5,10-11H,6-9H2,1-2H3. The zero-order chi connectivity index (χ0) is 14.0. The maximum Gasteiger partial charge on any atom is 0.258 e. The van der Waals surface area contributed by atoms with Crippen LogP contribution in [0.25, 0.3) is 0 Å². The van der Waals surface area contributed by atoms with Crippen LogP contribution in [-0.2, 0) is 0 Å². The summed E-state index contributed by atoms with van der Waals surface area (Å²) < 4.78 is 13.8. The molecule has 0 aliphatic heterocycles. The second kappa shape index (κ2) is 5.91. The summed E-state index contributed by atoms with van der Waals surface area (Å²) in [7, 11) is 1.74. The number of benzene rings is 1. The Kier molecular flexibility index (Phi) is 4.46. The SMILES string of the molecule is CC1CCC(N(C)C(=O)c2c(F)cccc2Cl)CC1. The van der Waals surface area contributed by atoms with E-state index >= 15 is 0 Å². The van der Waals surface area contributed by atoms with Crippen molar-refractivity contribution < 1.29 is 9.18 Å². The quantitative estimate of drug-likeness (QED) is 0.799. The Morgan fingerprint density at radius 1 is 1.32 bits per heavy atom. The first-order chi connectivity index (χ1) is 9.00. The monoisotopic (exact) mass is 283 g/mol. The molecule has 1 saturated carbocycles. The molecule has 2 rings (SSSR count). The van der Waals surface area contributed by atoms with Crippen molar-refractivity contribution in [3.05, 3.63) is 34.6 Å². The van der Waals surface area contributed by atoms with Crippen LogP contribution in [0.2, 0.25) is 5.02 Å². The lowest BCUT2D eigenvalue weighted by Gasteiger charge is -2.33. The van der Waals surface area contributed by atoms with Crippen molar-refractivity contribution in [2.75, 3.05) is 7.05 Å². The summed E-state index contributed by atoms with van der Waals surface area (Å²) >= 11 is 5.94. The second-order valence-corrected chi connectivity index (χ2v) is 5.83. The molecule has 2 nitrogen and oxygen atoms in total. The smallest absolute Gasteiger partial charge is 0.258 e. The molecule has 0 spiro atoms. The Morgan fingerprint density at radius 2 is 1.95 bits per heavy atom. The van der Waals surface area contributed by atoms with Crippen LogP contribution in [0.5, 0.6) is 0 Å². The molecule has 19 heavy (non-hydrogen) atoms. The normalized spacial score (nSPS) is 23.2. The van der Waals surface area contributed by atoms with Crippen molar-refractivity contribution in [3.8, 4) is 0 Å². The molecule has 1 aromatic carbocycles. The summed E-state index contributed by atoms with van der Waals surface area (Å²) in [6.07, 6.45) is 4.20. The van der Waals surface area contributed by atoms with Gasteiger partial charge in [0.15, 0.2) is 0 Å². The molecule has 0 aromatic heterocycles. The maximum absolute atomic E-state index is 13.8. The third-order valence-electron chi connectivity index (χ3n) is 4.03. The van der Waals surface area contributed by atoms with Crippen LogP contribution < -0.4 is 0 Å². The van der Waals surface area contributed by atoms with E-state index in [2.05, 4.69) is 6.92 Å². The molecule has 1 amide bonds. The summed E-state index contributed by atoms with van der Waals surface area (Å²) in [5.41, 5.74) is -0.00899. The first kappa shape index (κ1) is 14.3. The van der Waals surface area contributed by atoms with Gasteiger partial charge in [-0.25, -0.2) is 4.39 Å². The predicted molar refractivity (Wildman–Crippen MR) is 74.9 cm³/mol. The minimum absolute atomic E-state index is 0.00899. The Balaban J connectivity index is 2.15. The maximum atomic E-state index is 13.8. The fraction of sp³-hybridized carbons (Fsp3) is 0.533. The minimum Gasteiger partial charge on any atom is -0.339 e. The summed E-state index contributed by atoms with van der Waals surface area (Å²) in [5, 5.41) is 0.182. The van der Waals surface area contributed by atoms with E-state index in [1.165, 1.54) is 12.1 Å². The van der Waals surface area contributed by atoms with Crippen LogP contribution in [0.4, 0.5) is 4.39 Å². The molecule has 0 atom stereocenters. The average Bonchev–Trinajstić information content (AvgIpc) is 2.38. The van der Waals surface area contributed by atoms with Gasteiger partial charge in [0.1, 0.15) is 5.82 Å². The minimum atomic E-state index is -0.548. The van der Waals surface area contributed by atoms with Crippen molar-refractivity contribution in [3.63, 3.8) is 0 Å². The average molecular weight is 284 g/mol. The molecular weight excluding hydrogens is 265 g/mol. The van der Waals surface area contributed by atoms with E-state index in [1.54, 1.807) is 18.0 Å². The molecule has 4 heteroatoms. The second-order valence-electron chi connectivity index (χ2n) is 5.43. The van der Waals surface area contributed by atoms with Crippen LogP contribution in [0.15, 0.2) is 18.2 Å². The molecule has 1 aromatic rings. The van der Waals surface area contributed by atoms with Crippen LogP contribution in [0.3, 0.4) is 0 Å². The number of carbonyl (C=O) groups excluding carboxylic acids is 1. The lowest BCUT2D eigenvalue weighted by molar-refractivity contribution is 0.0675. The van der Waals surface area contributed by atoms with E-state index < -0.39 is 5.82 Å². The first-order valence-electron chi connectivity index (χ1n) is 6.72. The van der Waals surface area contributed by atoms with Crippen molar-refractivity contribution >= 4 is 17.5 Å². The number of hydrogen-bond donors (Lipinski definition) is 0. The highest BCUT2D eigenvalue weighted by atomic mass is 35.5. The molecule has 1 aliphatic rings. The van der Waals surface area contributed by atoms with Crippen molar-refractivity contribution in [2.45, 2.75) is 38.6 Å². The highest BCUT2D eigenvalue weighted by molar-refractivity contribution is 6.33. The van der Waals surface area contributed by atoms with E-state index in [4.69, 9.17) is 11.6 Å². The van der Waals surface area contributed by atoms with Gasteiger partial charge >= 0.3 is 0 Å². The molecule has 0 radical (unpaired) electrons. The fourth-order valence-electron chi connectivity index (χ4n) is 2.67. The van der Waals surface area contributed by atoms with Gasteiger partial charge in [0.2, 0.25) is 0 Å². The van der Waals surface area contributed by atoms with Crippen molar-refractivity contribution in [2.24, 2.45) is 5.92 Å². The van der Waals surface area contributed by atoms with Crippen molar-refractivity contribution in [1.82, 2.24) is 4.90 Å². The molecular formula is C15H19ClFNO. The van der Waals surface area contributed by atoms with E-state index in [0.717, 1.165) is 31.6 Å². The highest BCUT2D eigenvalue weighted by Crippen LogP contribution is 2.28. The Labute approximate surface area is 118 Å². The fourth-order valence-corrected chi connectivity index (χ4v) is 2.92. The van der Waals surface area contributed by atoms with Gasteiger partial charge < -0.3 is 4.90 Å². The summed E-state index contributed by atoms with van der Waals surface area (Å²) in [6.45, 7) is 2.23. The molecule has 1 aliphatic carbocycles.